The van der Waals surface area contributed by atoms with E-state index in [1.807, 2.05) is 6.92 Å². The molecule has 0 N–H and O–H groups in total. The van der Waals surface area contributed by atoms with Gasteiger partial charge >= 0.3 is 5.24 Å². The fourth-order valence-electron chi connectivity index (χ4n) is 0.896. The fraction of sp³-hybridized carbons (Fsp3) is 0.182. The van der Waals surface area contributed by atoms with Crippen LogP contribution in [0.3, 0.4) is 0 Å². The van der Waals surface area contributed by atoms with E-state index < -0.39 is 0 Å². The number of ether oxygens (including phenoxy) is 2. The molecule has 0 aliphatic heterocycles. The summed E-state index contributed by atoms with van der Waals surface area (Å²) in [6.45, 7) is 1.86. The Morgan fingerprint density at radius 1 is 1.50 bits per heavy atom. The van der Waals surface area contributed by atoms with Crippen molar-refractivity contribution in [3.05, 3.63) is 36.5 Å². The van der Waals surface area contributed by atoms with Gasteiger partial charge in [-0.25, -0.2) is 4.98 Å². The van der Waals surface area contributed by atoms with E-state index in [2.05, 4.69) is 9.98 Å². The van der Waals surface area contributed by atoms with Crippen LogP contribution < -0.4 is 4.74 Å². The maximum absolute atomic E-state index is 5.18. The van der Waals surface area contributed by atoms with Crippen molar-refractivity contribution in [2.75, 3.05) is 7.05 Å². The first-order valence-electron chi connectivity index (χ1n) is 4.66. The van der Waals surface area contributed by atoms with E-state index in [1.165, 1.54) is 0 Å². The second-order valence-corrected chi connectivity index (χ2v) is 3.02. The third-order valence-electron chi connectivity index (χ3n) is 1.54. The Bertz CT molecular complexity index is 402. The number of rotatable bonds is 2. The van der Waals surface area contributed by atoms with Gasteiger partial charge in [0.05, 0.1) is 0 Å². The normalized spacial score (nSPS) is 11.5. The van der Waals surface area contributed by atoms with Gasteiger partial charge in [0.15, 0.2) is 0 Å². The number of allylic oxidation sites excluding steroid dienone is 1. The van der Waals surface area contributed by atoms with Gasteiger partial charge in [-0.2, -0.15) is 0 Å². The minimum Gasteiger partial charge on any atom is -0.399 e. The van der Waals surface area contributed by atoms with E-state index in [1.54, 1.807) is 43.6 Å². The Kier molecular flexibility index (Phi) is 5.15. The molecule has 16 heavy (non-hydrogen) atoms. The van der Waals surface area contributed by atoms with Crippen molar-refractivity contribution >= 4 is 23.4 Å². The van der Waals surface area contributed by atoms with Gasteiger partial charge in [-0.05, 0) is 19.1 Å². The lowest BCUT2D eigenvalue weighted by atomic mass is 10.5. The zero-order valence-electron chi connectivity index (χ0n) is 9.08. The summed E-state index contributed by atoms with van der Waals surface area (Å²) in [6.07, 6.45) is 5.10. The van der Waals surface area contributed by atoms with E-state index in [0.717, 1.165) is 0 Å². The lowest BCUT2D eigenvalue weighted by Crippen LogP contribution is -2.15. The number of hydrogen-bond donors (Lipinski definition) is 0. The van der Waals surface area contributed by atoms with E-state index in [0.29, 0.717) is 11.8 Å². The van der Waals surface area contributed by atoms with Crippen molar-refractivity contribution in [1.82, 2.24) is 4.98 Å². The number of aliphatic imine (C=N–C) groups is 1. The molecule has 1 heterocycles. The predicted molar refractivity (Wildman–Crippen MR) is 66.7 cm³/mol. The molecule has 1 rings (SSSR count). The smallest absolute Gasteiger partial charge is 0.366 e. The molecule has 0 saturated heterocycles. The molecule has 0 aliphatic carbocycles. The highest BCUT2D eigenvalue weighted by Gasteiger charge is 2.04. The number of hydrogen-bond acceptors (Lipinski definition) is 5. The first kappa shape index (κ1) is 12.3. The summed E-state index contributed by atoms with van der Waals surface area (Å²) in [5, 5.41) is -0.0302. The minimum atomic E-state index is -0.0302. The topological polar surface area (TPSA) is 43.7 Å². The van der Waals surface area contributed by atoms with Crippen molar-refractivity contribution in [2.45, 2.75) is 6.92 Å². The maximum atomic E-state index is 5.18. The molecular formula is C11H12N2O2S. The summed E-state index contributed by atoms with van der Waals surface area (Å²) in [5.41, 5.74) is 0. The lowest BCUT2D eigenvalue weighted by Gasteiger charge is -2.06. The molecular weight excluding hydrogens is 224 g/mol. The quantitative estimate of drug-likeness (QED) is 0.449. The second kappa shape index (κ2) is 6.68. The Morgan fingerprint density at radius 3 is 2.88 bits per heavy atom. The highest BCUT2D eigenvalue weighted by molar-refractivity contribution is 7.79. The molecule has 0 atom stereocenters. The summed E-state index contributed by atoms with van der Waals surface area (Å²) in [4.78, 5) is 7.83. The maximum Gasteiger partial charge on any atom is 0.366 e. The molecule has 0 fully saturated rings. The number of nitrogens with zero attached hydrogens (tertiary/aromatic N) is 2. The van der Waals surface area contributed by atoms with Gasteiger partial charge in [0.2, 0.25) is 11.8 Å². The van der Waals surface area contributed by atoms with Gasteiger partial charge < -0.3 is 9.47 Å². The average molecular weight is 236 g/mol. The molecule has 0 spiro atoms. The standard InChI is InChI=1S/C11H12N2O2S/c1-3-6-9(12-2)14-11(16)15-10-7-4-5-8-13-10/h3-8H,1-2H3/b6-3-,12-9?. The number of thiocarbonyl (C=S) groups is 1. The first-order valence-corrected chi connectivity index (χ1v) is 5.07. The molecule has 0 saturated carbocycles. The molecule has 0 amide bonds. The van der Waals surface area contributed by atoms with Gasteiger partial charge in [-0.15, -0.1) is 0 Å². The highest BCUT2D eigenvalue weighted by Crippen LogP contribution is 2.05. The third-order valence-corrected chi connectivity index (χ3v) is 1.71. The van der Waals surface area contributed by atoms with Crippen LogP contribution in [-0.2, 0) is 4.74 Å². The largest absolute Gasteiger partial charge is 0.399 e. The third kappa shape index (κ3) is 4.18. The first-order chi connectivity index (χ1) is 7.76. The van der Waals surface area contributed by atoms with Crippen LogP contribution in [0.2, 0.25) is 0 Å². The van der Waals surface area contributed by atoms with Gasteiger partial charge in [0, 0.05) is 31.5 Å². The molecule has 1 aromatic heterocycles. The summed E-state index contributed by atoms with van der Waals surface area (Å²) in [5.74, 6) is 0.784. The molecule has 0 radical (unpaired) electrons. The van der Waals surface area contributed by atoms with Crippen LogP contribution in [0.4, 0.5) is 0 Å². The van der Waals surface area contributed by atoms with Gasteiger partial charge in [0.25, 0.3) is 0 Å². The zero-order chi connectivity index (χ0) is 11.8. The van der Waals surface area contributed by atoms with Gasteiger partial charge in [0.1, 0.15) is 0 Å². The van der Waals surface area contributed by atoms with Gasteiger partial charge in [-0.1, -0.05) is 12.1 Å². The lowest BCUT2D eigenvalue weighted by molar-refractivity contribution is 0.390. The van der Waals surface area contributed by atoms with Crippen LogP contribution in [0, 0.1) is 0 Å². The Morgan fingerprint density at radius 2 is 2.31 bits per heavy atom. The Labute approximate surface area is 99.6 Å². The van der Waals surface area contributed by atoms with E-state index in [9.17, 15) is 0 Å². The molecule has 84 valence electrons. The molecule has 0 unspecified atom stereocenters. The molecule has 0 aliphatic rings. The van der Waals surface area contributed by atoms with Crippen LogP contribution >= 0.6 is 12.2 Å². The van der Waals surface area contributed by atoms with E-state index >= 15 is 0 Å². The van der Waals surface area contributed by atoms with Crippen molar-refractivity contribution < 1.29 is 9.47 Å². The van der Waals surface area contributed by atoms with Crippen molar-refractivity contribution in [2.24, 2.45) is 4.99 Å². The highest BCUT2D eigenvalue weighted by atomic mass is 32.1. The van der Waals surface area contributed by atoms with Crippen LogP contribution in [0.5, 0.6) is 5.88 Å². The molecule has 0 aromatic carbocycles. The van der Waals surface area contributed by atoms with E-state index in [-0.39, 0.29) is 5.24 Å². The fourth-order valence-corrected chi connectivity index (χ4v) is 1.07. The van der Waals surface area contributed by atoms with Crippen LogP contribution in [-0.4, -0.2) is 23.2 Å². The van der Waals surface area contributed by atoms with Crippen LogP contribution in [0.15, 0.2) is 41.5 Å². The summed E-state index contributed by atoms with van der Waals surface area (Å²) < 4.78 is 10.4. The average Bonchev–Trinajstić information content (AvgIpc) is 2.29. The molecule has 4 nitrogen and oxygen atoms in total. The van der Waals surface area contributed by atoms with Crippen molar-refractivity contribution in [1.29, 1.82) is 0 Å². The van der Waals surface area contributed by atoms with Crippen LogP contribution in [0.1, 0.15) is 6.92 Å². The van der Waals surface area contributed by atoms with Gasteiger partial charge in [-0.3, -0.25) is 4.99 Å². The second-order valence-electron chi connectivity index (χ2n) is 2.68. The number of aromatic nitrogens is 1. The zero-order valence-corrected chi connectivity index (χ0v) is 9.90. The Hall–Kier alpha value is -1.75. The van der Waals surface area contributed by atoms with Crippen LogP contribution in [0.25, 0.3) is 0 Å². The molecule has 1 aromatic rings. The summed E-state index contributed by atoms with van der Waals surface area (Å²) >= 11 is 4.89. The number of pyridine rings is 1. The van der Waals surface area contributed by atoms with Crippen molar-refractivity contribution in [3.63, 3.8) is 0 Å². The molecule has 0 bridgehead atoms. The monoisotopic (exact) mass is 236 g/mol. The van der Waals surface area contributed by atoms with E-state index in [4.69, 9.17) is 21.7 Å². The molecule has 5 heteroatoms. The summed E-state index contributed by atoms with van der Waals surface area (Å²) in [7, 11) is 1.61. The van der Waals surface area contributed by atoms with Crippen molar-refractivity contribution in [3.8, 4) is 5.88 Å². The summed E-state index contributed by atoms with van der Waals surface area (Å²) in [6, 6.07) is 5.27. The predicted octanol–water partition coefficient (Wildman–Crippen LogP) is 2.37. The Balaban J connectivity index is 2.54. The SMILES string of the molecule is C/C=C\C(=NC)OC(=S)Oc1ccccn1. The minimum absolute atomic E-state index is 0.0302.